The molecule has 1 aliphatic heterocycles. The van der Waals surface area contributed by atoms with Crippen molar-refractivity contribution in [1.82, 2.24) is 10.3 Å². The Morgan fingerprint density at radius 1 is 1.15 bits per heavy atom. The molecule has 0 radical (unpaired) electrons. The van der Waals surface area contributed by atoms with E-state index in [1.807, 2.05) is 0 Å². The van der Waals surface area contributed by atoms with Crippen LogP contribution in [0.2, 0.25) is 5.02 Å². The van der Waals surface area contributed by atoms with Crippen molar-refractivity contribution in [2.75, 3.05) is 18.5 Å². The van der Waals surface area contributed by atoms with Crippen LogP contribution < -0.4 is 15.4 Å². The summed E-state index contributed by atoms with van der Waals surface area (Å²) in [5, 5.41) is 5.20. The van der Waals surface area contributed by atoms with E-state index in [1.54, 1.807) is 6.07 Å². The standard InChI is InChI=1S/C23H17ClF5N3O2/c24-15-2-1-3-16(25)21(15)32-22(33)14-8-17(26)13(9-20(14)34-11-23(27,28)29)19-5-4-12-10-30-7-6-18(12)31-19/h1-5,8-9,30H,6-7,10-11H2,(H,32,33). The van der Waals surface area contributed by atoms with Gasteiger partial charge >= 0.3 is 6.18 Å². The molecule has 2 aromatic carbocycles. The highest BCUT2D eigenvalue weighted by atomic mass is 35.5. The van der Waals surface area contributed by atoms with E-state index in [0.717, 1.165) is 29.5 Å². The topological polar surface area (TPSA) is 63.2 Å². The lowest BCUT2D eigenvalue weighted by Gasteiger charge is -2.18. The number of aromatic nitrogens is 1. The SMILES string of the molecule is O=C(Nc1c(F)cccc1Cl)c1cc(F)c(-c2ccc3c(n2)CCNC3)cc1OCC(F)(F)F. The quantitative estimate of drug-likeness (QED) is 0.456. The van der Waals surface area contributed by atoms with Crippen LogP contribution in [0.5, 0.6) is 5.75 Å². The number of fused-ring (bicyclic) bond motifs is 1. The molecular formula is C23H17ClF5N3O2. The molecule has 0 saturated carbocycles. The number of rotatable bonds is 5. The largest absolute Gasteiger partial charge is 0.483 e. The van der Waals surface area contributed by atoms with Gasteiger partial charge in [-0.2, -0.15) is 13.2 Å². The number of carbonyl (C=O) groups excluding carboxylic acids is 1. The third-order valence-corrected chi connectivity index (χ3v) is 5.42. The van der Waals surface area contributed by atoms with Crippen LogP contribution in [0.1, 0.15) is 21.6 Å². The van der Waals surface area contributed by atoms with E-state index in [2.05, 4.69) is 15.6 Å². The molecule has 0 atom stereocenters. The van der Waals surface area contributed by atoms with E-state index < -0.39 is 47.3 Å². The lowest BCUT2D eigenvalue weighted by Crippen LogP contribution is -2.24. The number of pyridine rings is 1. The molecular weight excluding hydrogens is 481 g/mol. The van der Waals surface area contributed by atoms with Crippen LogP contribution in [-0.2, 0) is 13.0 Å². The molecule has 2 heterocycles. The molecule has 178 valence electrons. The summed E-state index contributed by atoms with van der Waals surface area (Å²) in [4.78, 5) is 17.2. The maximum Gasteiger partial charge on any atom is 0.422 e. The molecule has 3 aromatic rings. The maximum absolute atomic E-state index is 15.1. The molecule has 1 amide bonds. The van der Waals surface area contributed by atoms with Gasteiger partial charge in [0.1, 0.15) is 17.4 Å². The van der Waals surface area contributed by atoms with E-state index in [9.17, 15) is 22.4 Å². The number of hydrogen-bond acceptors (Lipinski definition) is 4. The molecule has 1 aromatic heterocycles. The van der Waals surface area contributed by atoms with Crippen LogP contribution in [-0.4, -0.2) is 30.2 Å². The molecule has 0 saturated heterocycles. The number of para-hydroxylation sites is 1. The Morgan fingerprint density at radius 2 is 1.94 bits per heavy atom. The minimum absolute atomic E-state index is 0.140. The molecule has 0 bridgehead atoms. The summed E-state index contributed by atoms with van der Waals surface area (Å²) in [5.41, 5.74) is 0.751. The van der Waals surface area contributed by atoms with E-state index >= 15 is 4.39 Å². The number of anilines is 1. The van der Waals surface area contributed by atoms with E-state index in [-0.39, 0.29) is 16.3 Å². The first-order chi connectivity index (χ1) is 16.1. The van der Waals surface area contributed by atoms with Crippen molar-refractivity contribution < 1.29 is 31.5 Å². The van der Waals surface area contributed by atoms with Crippen LogP contribution in [0.15, 0.2) is 42.5 Å². The van der Waals surface area contributed by atoms with Gasteiger partial charge in [-0.1, -0.05) is 23.7 Å². The number of hydrogen-bond donors (Lipinski definition) is 2. The van der Waals surface area contributed by atoms with Crippen molar-refractivity contribution >= 4 is 23.2 Å². The van der Waals surface area contributed by atoms with Gasteiger partial charge < -0.3 is 15.4 Å². The average molecular weight is 498 g/mol. The fourth-order valence-corrected chi connectivity index (χ4v) is 3.70. The van der Waals surface area contributed by atoms with Gasteiger partial charge in [0.15, 0.2) is 6.61 Å². The van der Waals surface area contributed by atoms with Crippen LogP contribution in [0.4, 0.5) is 27.6 Å². The molecule has 4 rings (SSSR count). The summed E-state index contributed by atoms with van der Waals surface area (Å²) in [6.45, 7) is -0.436. The lowest BCUT2D eigenvalue weighted by molar-refractivity contribution is -0.153. The Morgan fingerprint density at radius 3 is 2.68 bits per heavy atom. The number of nitrogens with zero attached hydrogens (tertiary/aromatic N) is 1. The van der Waals surface area contributed by atoms with Gasteiger partial charge in [0.2, 0.25) is 0 Å². The second-order valence-electron chi connectivity index (χ2n) is 7.51. The number of benzene rings is 2. The summed E-state index contributed by atoms with van der Waals surface area (Å²) in [6.07, 6.45) is -4.11. The predicted octanol–water partition coefficient (Wildman–Crippen LogP) is 5.52. The summed E-state index contributed by atoms with van der Waals surface area (Å²) in [7, 11) is 0. The summed E-state index contributed by atoms with van der Waals surface area (Å²) >= 11 is 5.89. The van der Waals surface area contributed by atoms with Crippen LogP contribution >= 0.6 is 11.6 Å². The Balaban J connectivity index is 1.74. The molecule has 11 heteroatoms. The fraction of sp³-hybridized carbons (Fsp3) is 0.217. The smallest absolute Gasteiger partial charge is 0.422 e. The number of alkyl halides is 3. The highest BCUT2D eigenvalue weighted by molar-refractivity contribution is 6.34. The molecule has 0 unspecified atom stereocenters. The molecule has 0 spiro atoms. The van der Waals surface area contributed by atoms with Gasteiger partial charge in [-0.05, 0) is 35.9 Å². The van der Waals surface area contributed by atoms with E-state index in [4.69, 9.17) is 16.3 Å². The summed E-state index contributed by atoms with van der Waals surface area (Å²) in [6, 6.07) is 8.65. The second-order valence-corrected chi connectivity index (χ2v) is 7.92. The first-order valence-corrected chi connectivity index (χ1v) is 10.5. The number of carbonyl (C=O) groups is 1. The van der Waals surface area contributed by atoms with E-state index in [0.29, 0.717) is 19.5 Å². The molecule has 5 nitrogen and oxygen atoms in total. The van der Waals surface area contributed by atoms with Crippen molar-refractivity contribution in [3.63, 3.8) is 0 Å². The minimum atomic E-state index is -4.71. The lowest BCUT2D eigenvalue weighted by atomic mass is 10.0. The molecule has 1 aliphatic rings. The van der Waals surface area contributed by atoms with Gasteiger partial charge in [-0.25, -0.2) is 8.78 Å². The Kier molecular flexibility index (Phi) is 6.72. The van der Waals surface area contributed by atoms with Gasteiger partial charge in [0, 0.05) is 30.8 Å². The first-order valence-electron chi connectivity index (χ1n) is 10.1. The predicted molar refractivity (Wildman–Crippen MR) is 116 cm³/mol. The Labute approximate surface area is 195 Å². The zero-order valence-corrected chi connectivity index (χ0v) is 18.2. The summed E-state index contributed by atoms with van der Waals surface area (Å²) in [5.74, 6) is -3.42. The number of nitrogens with one attached hydrogen (secondary N) is 2. The first kappa shape index (κ1) is 23.9. The maximum atomic E-state index is 15.1. The molecule has 0 aliphatic carbocycles. The zero-order valence-electron chi connectivity index (χ0n) is 17.4. The summed E-state index contributed by atoms with van der Waals surface area (Å²) < 4.78 is 72.5. The van der Waals surface area contributed by atoms with E-state index in [1.165, 1.54) is 18.2 Å². The van der Waals surface area contributed by atoms with Gasteiger partial charge in [0.05, 0.1) is 22.0 Å². The van der Waals surface area contributed by atoms with Gasteiger partial charge in [-0.15, -0.1) is 0 Å². The Bertz CT molecular complexity index is 1230. The zero-order chi connectivity index (χ0) is 24.5. The van der Waals surface area contributed by atoms with Gasteiger partial charge in [0.25, 0.3) is 5.91 Å². The Hall–Kier alpha value is -3.24. The minimum Gasteiger partial charge on any atom is -0.483 e. The van der Waals surface area contributed by atoms with Crippen molar-refractivity contribution in [2.24, 2.45) is 0 Å². The monoisotopic (exact) mass is 497 g/mol. The molecule has 34 heavy (non-hydrogen) atoms. The fourth-order valence-electron chi connectivity index (χ4n) is 3.49. The third-order valence-electron chi connectivity index (χ3n) is 5.10. The van der Waals surface area contributed by atoms with Crippen LogP contribution in [0.3, 0.4) is 0 Å². The second kappa shape index (κ2) is 9.55. The van der Waals surface area contributed by atoms with Crippen molar-refractivity contribution in [3.05, 3.63) is 75.9 Å². The number of ether oxygens (including phenoxy) is 1. The highest BCUT2D eigenvalue weighted by Crippen LogP contribution is 2.33. The average Bonchev–Trinajstić information content (AvgIpc) is 2.79. The number of halogens is 6. The van der Waals surface area contributed by atoms with Gasteiger partial charge in [-0.3, -0.25) is 9.78 Å². The van der Waals surface area contributed by atoms with Crippen molar-refractivity contribution in [3.8, 4) is 17.0 Å². The van der Waals surface area contributed by atoms with Crippen molar-refractivity contribution in [2.45, 2.75) is 19.1 Å². The van der Waals surface area contributed by atoms with Crippen molar-refractivity contribution in [1.29, 1.82) is 0 Å². The normalized spacial score (nSPS) is 13.4. The third kappa shape index (κ3) is 5.28. The van der Waals surface area contributed by atoms with Crippen LogP contribution in [0, 0.1) is 11.6 Å². The number of amides is 1. The molecule has 2 N–H and O–H groups in total. The highest BCUT2D eigenvalue weighted by Gasteiger charge is 2.30. The molecule has 0 fully saturated rings. The van der Waals surface area contributed by atoms with Crippen LogP contribution in [0.25, 0.3) is 11.3 Å².